The minimum Gasteiger partial charge on any atom is -0.768 e. The van der Waals surface area contributed by atoms with E-state index in [1.807, 2.05) is 0 Å². The number of halogens is 5. The smallest absolute Gasteiger partial charge is 0.432 e. The van der Waals surface area contributed by atoms with E-state index in [1.54, 1.807) is 0 Å². The lowest BCUT2D eigenvalue weighted by Crippen LogP contribution is -2.54. The van der Waals surface area contributed by atoms with Crippen molar-refractivity contribution in [2.24, 2.45) is 46.8 Å². The first-order valence-corrected chi connectivity index (χ1v) is 13.4. The molecule has 37 heavy (non-hydrogen) atoms. The predicted octanol–water partition coefficient (Wildman–Crippen LogP) is 2.87. The quantitative estimate of drug-likeness (QED) is 0.213. The highest BCUT2D eigenvalue weighted by Gasteiger charge is 2.72. The van der Waals surface area contributed by atoms with Crippen molar-refractivity contribution in [3.63, 3.8) is 0 Å². The van der Waals surface area contributed by atoms with Crippen molar-refractivity contribution < 1.29 is 59.3 Å². The third-order valence-electron chi connectivity index (χ3n) is 9.59. The molecule has 206 valence electrons. The summed E-state index contributed by atoms with van der Waals surface area (Å²) in [4.78, 5) is 38.8. The summed E-state index contributed by atoms with van der Waals surface area (Å²) in [6.45, 7) is 0. The van der Waals surface area contributed by atoms with Crippen molar-refractivity contribution >= 4 is 29.0 Å². The van der Waals surface area contributed by atoms with Gasteiger partial charge >= 0.3 is 29.3 Å². The number of hydrogen-bond acceptors (Lipinski definition) is 8. The van der Waals surface area contributed by atoms with Crippen LogP contribution in [0.3, 0.4) is 0 Å². The van der Waals surface area contributed by atoms with Gasteiger partial charge in [0.05, 0.1) is 17.3 Å². The molecule has 0 aromatic heterocycles. The Bertz CT molecular complexity index is 1030. The Labute approximate surface area is 210 Å². The van der Waals surface area contributed by atoms with Gasteiger partial charge in [-0.2, -0.15) is 22.0 Å². The SMILES string of the molecule is O=C1OC2C3CC(C2OC(=O)C24CC5CC(CC(C5)C2)C4)C(C(=O)OC(C(F)(F)F)C(F)(F)S(=O)[O-])C13. The molecule has 0 amide bonds. The molecule has 0 N–H and O–H groups in total. The van der Waals surface area contributed by atoms with Gasteiger partial charge in [0.25, 0.3) is 6.10 Å². The molecule has 0 spiro atoms. The Morgan fingerprint density at radius 1 is 1.00 bits per heavy atom. The summed E-state index contributed by atoms with van der Waals surface area (Å²) in [7, 11) is 0. The molecule has 1 aliphatic heterocycles. The summed E-state index contributed by atoms with van der Waals surface area (Å²) >= 11 is -4.54. The number of fused-ring (bicyclic) bond motifs is 1. The van der Waals surface area contributed by atoms with Gasteiger partial charge in [-0.1, -0.05) is 0 Å². The van der Waals surface area contributed by atoms with E-state index < -0.39 is 87.8 Å². The lowest BCUT2D eigenvalue weighted by atomic mass is 9.49. The van der Waals surface area contributed by atoms with Gasteiger partial charge in [-0.25, -0.2) is 0 Å². The van der Waals surface area contributed by atoms with E-state index in [9.17, 15) is 45.1 Å². The standard InChI is InChI=1S/C23H25F5O8S/c24-22(25,26)19(23(27,28)37(32)33)36-18(30)14-12-4-11-13(14)17(29)34-15(11)16(12)35-20(31)21-5-8-1-9(6-21)3-10(2-8)7-21/h8-16,19H,1-7H2,(H,32,33)/p-1. The maximum absolute atomic E-state index is 13.8. The molecule has 0 aromatic carbocycles. The summed E-state index contributed by atoms with van der Waals surface area (Å²) in [5.74, 6) is -6.41. The largest absolute Gasteiger partial charge is 0.768 e. The van der Waals surface area contributed by atoms with Crippen molar-refractivity contribution in [1.82, 2.24) is 0 Å². The zero-order chi connectivity index (χ0) is 26.7. The number of alkyl halides is 5. The van der Waals surface area contributed by atoms with Crippen molar-refractivity contribution in [2.75, 3.05) is 0 Å². The van der Waals surface area contributed by atoms with Gasteiger partial charge in [-0.05, 0) is 62.7 Å². The molecule has 8 nitrogen and oxygen atoms in total. The van der Waals surface area contributed by atoms with Gasteiger partial charge in [0.15, 0.2) is 0 Å². The number of ether oxygens (including phenoxy) is 3. The van der Waals surface area contributed by atoms with Crippen LogP contribution < -0.4 is 0 Å². The molecular weight excluding hydrogens is 531 g/mol. The molecule has 7 fully saturated rings. The van der Waals surface area contributed by atoms with Crippen LogP contribution in [-0.4, -0.2) is 56.4 Å². The third-order valence-corrected chi connectivity index (χ3v) is 10.2. The maximum atomic E-state index is 13.8. The second-order valence-corrected chi connectivity index (χ2v) is 12.8. The van der Waals surface area contributed by atoms with E-state index in [1.165, 1.54) is 0 Å². The highest BCUT2D eigenvalue weighted by Crippen LogP contribution is 2.63. The van der Waals surface area contributed by atoms with E-state index in [0.29, 0.717) is 37.0 Å². The fraction of sp³-hybridized carbons (Fsp3) is 0.870. The van der Waals surface area contributed by atoms with Crippen LogP contribution in [0.1, 0.15) is 44.9 Å². The summed E-state index contributed by atoms with van der Waals surface area (Å²) in [5, 5.41) is -5.45. The van der Waals surface area contributed by atoms with Gasteiger partial charge in [0.1, 0.15) is 12.2 Å². The van der Waals surface area contributed by atoms with Crippen molar-refractivity contribution in [2.45, 2.75) is 74.7 Å². The highest BCUT2D eigenvalue weighted by molar-refractivity contribution is 7.80. The van der Waals surface area contributed by atoms with Crippen LogP contribution in [0.2, 0.25) is 0 Å². The maximum Gasteiger partial charge on any atom is 0.432 e. The third kappa shape index (κ3) is 3.75. The fourth-order valence-corrected chi connectivity index (χ4v) is 9.04. The zero-order valence-corrected chi connectivity index (χ0v) is 20.1. The van der Waals surface area contributed by atoms with E-state index in [-0.39, 0.29) is 6.42 Å². The molecule has 0 radical (unpaired) electrons. The van der Waals surface area contributed by atoms with E-state index in [2.05, 4.69) is 4.74 Å². The van der Waals surface area contributed by atoms with Crippen LogP contribution in [0.15, 0.2) is 0 Å². The molecule has 6 saturated carbocycles. The van der Waals surface area contributed by atoms with E-state index in [0.717, 1.165) is 19.3 Å². The predicted molar refractivity (Wildman–Crippen MR) is 109 cm³/mol. The molecule has 1 heterocycles. The van der Waals surface area contributed by atoms with E-state index >= 15 is 0 Å². The first-order valence-electron chi connectivity index (χ1n) is 12.4. The summed E-state index contributed by atoms with van der Waals surface area (Å²) < 4.78 is 104. The molecule has 6 bridgehead atoms. The Morgan fingerprint density at radius 2 is 1.57 bits per heavy atom. The molecular formula is C23H24F5O8S-. The zero-order valence-electron chi connectivity index (χ0n) is 19.3. The molecule has 14 heteroatoms. The van der Waals surface area contributed by atoms with Crippen LogP contribution >= 0.6 is 0 Å². The number of hydrogen-bond donors (Lipinski definition) is 0. The molecule has 0 aromatic rings. The van der Waals surface area contributed by atoms with Crippen LogP contribution in [0.4, 0.5) is 22.0 Å². The van der Waals surface area contributed by atoms with Crippen LogP contribution in [-0.2, 0) is 39.7 Å². The Balaban J connectivity index is 1.23. The number of esters is 3. The van der Waals surface area contributed by atoms with Gasteiger partial charge in [0.2, 0.25) is 0 Å². The average Bonchev–Trinajstić information content (AvgIpc) is 3.39. The van der Waals surface area contributed by atoms with Crippen LogP contribution in [0.25, 0.3) is 0 Å². The normalized spacial score (nSPS) is 45.0. The lowest BCUT2D eigenvalue weighted by molar-refractivity contribution is -0.261. The Morgan fingerprint density at radius 3 is 2.08 bits per heavy atom. The molecule has 6 aliphatic carbocycles. The first kappa shape index (κ1) is 25.4. The molecule has 7 aliphatic rings. The number of carbonyl (C=O) groups excluding carboxylic acids is 3. The fourth-order valence-electron chi connectivity index (χ4n) is 8.69. The Kier molecular flexibility index (Phi) is 5.56. The summed E-state index contributed by atoms with van der Waals surface area (Å²) in [6.07, 6.45) is -6.85. The Hall–Kier alpha value is -1.83. The average molecular weight is 555 g/mol. The van der Waals surface area contributed by atoms with Crippen molar-refractivity contribution in [3.05, 3.63) is 0 Å². The molecule has 8 atom stereocenters. The topological polar surface area (TPSA) is 119 Å². The van der Waals surface area contributed by atoms with Gasteiger partial charge in [-0.3, -0.25) is 18.6 Å². The first-order chi connectivity index (χ1) is 17.2. The number of carbonyl (C=O) groups is 3. The van der Waals surface area contributed by atoms with Crippen molar-refractivity contribution in [1.29, 1.82) is 0 Å². The van der Waals surface area contributed by atoms with Gasteiger partial charge < -0.3 is 18.8 Å². The highest BCUT2D eigenvalue weighted by atomic mass is 32.2. The van der Waals surface area contributed by atoms with Crippen LogP contribution in [0.5, 0.6) is 0 Å². The van der Waals surface area contributed by atoms with E-state index in [4.69, 9.17) is 9.47 Å². The number of rotatable bonds is 6. The second-order valence-electron chi connectivity index (χ2n) is 11.7. The van der Waals surface area contributed by atoms with Crippen LogP contribution in [0, 0.1) is 46.8 Å². The monoisotopic (exact) mass is 555 g/mol. The van der Waals surface area contributed by atoms with Gasteiger partial charge in [-0.15, -0.1) is 0 Å². The minimum atomic E-state index is -5.90. The van der Waals surface area contributed by atoms with Crippen molar-refractivity contribution in [3.8, 4) is 0 Å². The molecule has 8 unspecified atom stereocenters. The van der Waals surface area contributed by atoms with Gasteiger partial charge in [0, 0.05) is 22.9 Å². The molecule has 7 rings (SSSR count). The summed E-state index contributed by atoms with van der Waals surface area (Å²) in [6, 6.07) is 0. The minimum absolute atomic E-state index is 0.0974. The lowest BCUT2D eigenvalue weighted by Gasteiger charge is -2.55. The molecule has 1 saturated heterocycles. The second kappa shape index (κ2) is 8.09. The summed E-state index contributed by atoms with van der Waals surface area (Å²) in [5.41, 5.74) is -0.684.